The second-order valence-corrected chi connectivity index (χ2v) is 8.53. The van der Waals surface area contributed by atoms with Crippen molar-refractivity contribution in [3.8, 4) is 0 Å². The maximum atomic E-state index is 12.6. The van der Waals surface area contributed by atoms with Crippen molar-refractivity contribution in [2.45, 2.75) is 33.2 Å². The molecule has 0 atom stereocenters. The monoisotopic (exact) mass is 388 g/mol. The number of hydrogen-bond acceptors (Lipinski definition) is 4. The number of piperazine rings is 1. The van der Waals surface area contributed by atoms with E-state index in [1.807, 2.05) is 61.3 Å². The van der Waals surface area contributed by atoms with Crippen LogP contribution < -0.4 is 10.2 Å². The lowest BCUT2D eigenvalue weighted by molar-refractivity contribution is -0.123. The summed E-state index contributed by atoms with van der Waals surface area (Å²) in [6.45, 7) is 9.59. The third-order valence-electron chi connectivity index (χ3n) is 6.08. The molecule has 1 aromatic heterocycles. The van der Waals surface area contributed by atoms with Crippen molar-refractivity contribution in [2.24, 2.45) is 0 Å². The molecule has 1 fully saturated rings. The lowest BCUT2D eigenvalue weighted by Crippen LogP contribution is -2.60. The molecule has 0 unspecified atom stereocenters. The molecule has 1 amide bonds. The van der Waals surface area contributed by atoms with Gasteiger partial charge in [-0.1, -0.05) is 18.2 Å². The molecule has 1 aliphatic rings. The number of pyridine rings is 1. The first kappa shape index (κ1) is 19.4. The number of benzene rings is 2. The van der Waals surface area contributed by atoms with Gasteiger partial charge in [0.1, 0.15) is 0 Å². The summed E-state index contributed by atoms with van der Waals surface area (Å²) in [5.74, 6) is 0.138. The van der Waals surface area contributed by atoms with Crippen molar-refractivity contribution in [1.82, 2.24) is 9.88 Å². The van der Waals surface area contributed by atoms with Crippen LogP contribution in [0.1, 0.15) is 25.1 Å². The van der Waals surface area contributed by atoms with E-state index in [4.69, 9.17) is 4.98 Å². The Bertz CT molecular complexity index is 1070. The Labute approximate surface area is 172 Å². The summed E-state index contributed by atoms with van der Waals surface area (Å²) in [7, 11) is 2.01. The molecule has 2 heterocycles. The van der Waals surface area contributed by atoms with Crippen LogP contribution in [0, 0.1) is 13.8 Å². The third kappa shape index (κ3) is 3.58. The zero-order valence-corrected chi connectivity index (χ0v) is 17.8. The van der Waals surface area contributed by atoms with E-state index in [0.717, 1.165) is 39.2 Å². The van der Waals surface area contributed by atoms with Crippen LogP contribution >= 0.6 is 0 Å². The number of nitrogens with one attached hydrogen (secondary N) is 1. The van der Waals surface area contributed by atoms with Crippen molar-refractivity contribution in [3.63, 3.8) is 0 Å². The molecule has 1 aliphatic heterocycles. The molecule has 2 aromatic carbocycles. The van der Waals surface area contributed by atoms with Gasteiger partial charge >= 0.3 is 0 Å². The molecule has 4 rings (SSSR count). The molecular weight excluding hydrogens is 360 g/mol. The number of rotatable bonds is 3. The lowest BCUT2D eigenvalue weighted by atomic mass is 9.99. The van der Waals surface area contributed by atoms with E-state index in [2.05, 4.69) is 37.1 Å². The zero-order valence-electron chi connectivity index (χ0n) is 17.8. The van der Waals surface area contributed by atoms with Gasteiger partial charge in [0.25, 0.3) is 0 Å². The molecule has 150 valence electrons. The number of aryl methyl sites for hydroxylation is 1. The van der Waals surface area contributed by atoms with Crippen molar-refractivity contribution in [3.05, 3.63) is 59.8 Å². The van der Waals surface area contributed by atoms with Gasteiger partial charge in [0.05, 0.1) is 17.7 Å². The van der Waals surface area contributed by atoms with Gasteiger partial charge in [0, 0.05) is 34.5 Å². The minimum atomic E-state index is -0.0462. The number of aromatic nitrogens is 1. The number of hydrogen-bond donors (Lipinski definition) is 1. The van der Waals surface area contributed by atoms with E-state index in [-0.39, 0.29) is 11.4 Å². The number of carbonyl (C=O) groups is 1. The third-order valence-corrected chi connectivity index (χ3v) is 6.08. The Morgan fingerprint density at radius 1 is 1.03 bits per heavy atom. The quantitative estimate of drug-likeness (QED) is 0.709. The first-order valence-electron chi connectivity index (χ1n) is 10.0. The Morgan fingerprint density at radius 2 is 1.72 bits per heavy atom. The largest absolute Gasteiger partial charge is 0.355 e. The fourth-order valence-electron chi connectivity index (χ4n) is 3.79. The molecule has 1 N–H and O–H groups in total. The molecule has 0 aliphatic carbocycles. The Hall–Kier alpha value is -2.92. The van der Waals surface area contributed by atoms with Gasteiger partial charge in [-0.3, -0.25) is 14.7 Å². The fraction of sp³-hybridized carbons (Fsp3) is 0.333. The molecule has 0 radical (unpaired) electrons. The average molecular weight is 389 g/mol. The number of anilines is 3. The van der Waals surface area contributed by atoms with Crippen molar-refractivity contribution < 1.29 is 4.79 Å². The van der Waals surface area contributed by atoms with Crippen LogP contribution in [0.15, 0.2) is 48.5 Å². The highest BCUT2D eigenvalue weighted by Gasteiger charge is 2.36. The Balaban J connectivity index is 1.62. The second-order valence-electron chi connectivity index (χ2n) is 8.53. The number of amides is 1. The normalized spacial score (nSPS) is 17.0. The van der Waals surface area contributed by atoms with Crippen molar-refractivity contribution in [2.75, 3.05) is 30.4 Å². The van der Waals surface area contributed by atoms with E-state index >= 15 is 0 Å². The predicted molar refractivity (Wildman–Crippen MR) is 120 cm³/mol. The summed E-state index contributed by atoms with van der Waals surface area (Å²) >= 11 is 0. The van der Waals surface area contributed by atoms with Gasteiger partial charge in [-0.05, 0) is 70.6 Å². The van der Waals surface area contributed by atoms with E-state index in [1.165, 1.54) is 0 Å². The number of nitrogens with zero attached hydrogens (tertiary/aromatic N) is 3. The standard InChI is InChI=1S/C24H28N4O/c1-16-17(2)25-21-9-7-6-8-20(21)23(16)26-18-10-12-19(13-11-18)28-15-24(3,4)27(5)14-22(28)29/h6-13H,14-15H2,1-5H3,(H,25,26). The van der Waals surface area contributed by atoms with Gasteiger partial charge in [-0.15, -0.1) is 0 Å². The van der Waals surface area contributed by atoms with E-state index in [1.54, 1.807) is 0 Å². The highest BCUT2D eigenvalue weighted by molar-refractivity contribution is 5.97. The highest BCUT2D eigenvalue weighted by Crippen LogP contribution is 2.32. The first-order chi connectivity index (χ1) is 13.8. The number of fused-ring (bicyclic) bond motifs is 1. The molecule has 3 aromatic rings. The fourth-order valence-corrected chi connectivity index (χ4v) is 3.79. The number of likely N-dealkylation sites (N-methyl/N-ethyl adjacent to an activating group) is 1. The van der Waals surface area contributed by atoms with Crippen LogP contribution in [0.25, 0.3) is 10.9 Å². The summed E-state index contributed by atoms with van der Waals surface area (Å²) in [4.78, 5) is 21.3. The molecule has 5 heteroatoms. The molecule has 29 heavy (non-hydrogen) atoms. The minimum absolute atomic E-state index is 0.0462. The Kier molecular flexibility index (Phi) is 4.79. The first-order valence-corrected chi connectivity index (χ1v) is 10.0. The molecular formula is C24H28N4O. The maximum Gasteiger partial charge on any atom is 0.241 e. The molecule has 0 saturated carbocycles. The van der Waals surface area contributed by atoms with E-state index in [9.17, 15) is 4.79 Å². The van der Waals surface area contributed by atoms with Crippen LogP contribution in [0.4, 0.5) is 17.1 Å². The summed E-state index contributed by atoms with van der Waals surface area (Å²) in [6.07, 6.45) is 0. The second kappa shape index (κ2) is 7.16. The summed E-state index contributed by atoms with van der Waals surface area (Å²) in [5, 5.41) is 4.68. The number of carbonyl (C=O) groups excluding carboxylic acids is 1. The Morgan fingerprint density at radius 3 is 2.45 bits per heavy atom. The van der Waals surface area contributed by atoms with Crippen LogP contribution in [0.5, 0.6) is 0 Å². The topological polar surface area (TPSA) is 48.5 Å². The zero-order chi connectivity index (χ0) is 20.8. The van der Waals surface area contributed by atoms with Crippen molar-refractivity contribution >= 4 is 33.9 Å². The molecule has 0 spiro atoms. The summed E-state index contributed by atoms with van der Waals surface area (Å²) in [6, 6.07) is 16.3. The van der Waals surface area contributed by atoms with E-state index < -0.39 is 0 Å². The van der Waals surface area contributed by atoms with Gasteiger partial charge in [-0.25, -0.2) is 0 Å². The van der Waals surface area contributed by atoms with Gasteiger partial charge in [-0.2, -0.15) is 0 Å². The van der Waals surface area contributed by atoms with Gasteiger partial charge < -0.3 is 10.2 Å². The maximum absolute atomic E-state index is 12.6. The highest BCUT2D eigenvalue weighted by atomic mass is 16.2. The van der Waals surface area contributed by atoms with Gasteiger partial charge in [0.15, 0.2) is 0 Å². The van der Waals surface area contributed by atoms with Crippen molar-refractivity contribution in [1.29, 1.82) is 0 Å². The SMILES string of the molecule is Cc1nc2ccccc2c(Nc2ccc(N3CC(C)(C)N(C)CC3=O)cc2)c1C. The molecule has 0 bridgehead atoms. The number of para-hydroxylation sites is 1. The lowest BCUT2D eigenvalue weighted by Gasteiger charge is -2.44. The predicted octanol–water partition coefficient (Wildman–Crippen LogP) is 4.65. The van der Waals surface area contributed by atoms with E-state index in [0.29, 0.717) is 13.1 Å². The van der Waals surface area contributed by atoms with Crippen LogP contribution in [-0.2, 0) is 4.79 Å². The minimum Gasteiger partial charge on any atom is -0.355 e. The summed E-state index contributed by atoms with van der Waals surface area (Å²) in [5.41, 5.74) is 6.12. The molecule has 5 nitrogen and oxygen atoms in total. The van der Waals surface area contributed by atoms with Gasteiger partial charge in [0.2, 0.25) is 5.91 Å². The van der Waals surface area contributed by atoms with Crippen LogP contribution in [-0.4, -0.2) is 41.5 Å². The average Bonchev–Trinajstić information content (AvgIpc) is 2.69. The van der Waals surface area contributed by atoms with Crippen LogP contribution in [0.2, 0.25) is 0 Å². The summed E-state index contributed by atoms with van der Waals surface area (Å²) < 4.78 is 0. The smallest absolute Gasteiger partial charge is 0.241 e. The van der Waals surface area contributed by atoms with Crippen LogP contribution in [0.3, 0.4) is 0 Å². The molecule has 1 saturated heterocycles.